The van der Waals surface area contributed by atoms with Gasteiger partial charge in [0, 0.05) is 5.38 Å². The molecule has 1 nitrogen and oxygen atoms in total. The molecule has 0 radical (unpaired) electrons. The lowest BCUT2D eigenvalue weighted by molar-refractivity contribution is 0.928. The standard InChI is InChI=1S/C18H17NS/c1-2-16-13-20-18(19-16)17(14-9-5-3-6-10-14)15-11-7-4-8-12-15/h3-13,17H,2H2,1H3. The summed E-state index contributed by atoms with van der Waals surface area (Å²) < 4.78 is 0. The summed E-state index contributed by atoms with van der Waals surface area (Å²) in [5, 5.41) is 3.35. The molecule has 20 heavy (non-hydrogen) atoms. The number of aromatic nitrogens is 1. The van der Waals surface area contributed by atoms with Crippen LogP contribution in [0.2, 0.25) is 0 Å². The third-order valence-electron chi connectivity index (χ3n) is 3.44. The number of benzene rings is 2. The molecule has 0 spiro atoms. The Hall–Kier alpha value is -1.93. The fourth-order valence-corrected chi connectivity index (χ4v) is 3.44. The van der Waals surface area contributed by atoms with Gasteiger partial charge in [0.2, 0.25) is 0 Å². The summed E-state index contributed by atoms with van der Waals surface area (Å²) >= 11 is 1.76. The molecule has 0 amide bonds. The van der Waals surface area contributed by atoms with Crippen LogP contribution in [0.25, 0.3) is 0 Å². The average Bonchev–Trinajstić information content (AvgIpc) is 2.98. The Morgan fingerprint density at radius 2 is 1.45 bits per heavy atom. The van der Waals surface area contributed by atoms with Gasteiger partial charge in [0.15, 0.2) is 0 Å². The predicted molar refractivity (Wildman–Crippen MR) is 85.3 cm³/mol. The molecular weight excluding hydrogens is 262 g/mol. The minimum absolute atomic E-state index is 0.239. The Morgan fingerprint density at radius 3 is 1.90 bits per heavy atom. The number of thiazole rings is 1. The number of hydrogen-bond acceptors (Lipinski definition) is 2. The van der Waals surface area contributed by atoms with Crippen LogP contribution in [0.3, 0.4) is 0 Å². The van der Waals surface area contributed by atoms with Gasteiger partial charge in [-0.1, -0.05) is 67.6 Å². The van der Waals surface area contributed by atoms with E-state index in [2.05, 4.69) is 73.0 Å². The first kappa shape index (κ1) is 13.1. The molecule has 0 aliphatic carbocycles. The Labute approximate surface area is 124 Å². The number of rotatable bonds is 4. The number of aryl methyl sites for hydroxylation is 1. The van der Waals surface area contributed by atoms with Crippen molar-refractivity contribution in [2.24, 2.45) is 0 Å². The second kappa shape index (κ2) is 6.02. The zero-order chi connectivity index (χ0) is 13.8. The van der Waals surface area contributed by atoms with E-state index >= 15 is 0 Å². The highest BCUT2D eigenvalue weighted by Crippen LogP contribution is 2.33. The van der Waals surface area contributed by atoms with E-state index in [4.69, 9.17) is 4.98 Å². The van der Waals surface area contributed by atoms with Crippen LogP contribution in [0.15, 0.2) is 66.0 Å². The van der Waals surface area contributed by atoms with Crippen molar-refractivity contribution in [3.63, 3.8) is 0 Å². The van der Waals surface area contributed by atoms with Gasteiger partial charge in [0.05, 0.1) is 11.6 Å². The molecule has 100 valence electrons. The van der Waals surface area contributed by atoms with E-state index in [-0.39, 0.29) is 5.92 Å². The highest BCUT2D eigenvalue weighted by molar-refractivity contribution is 7.09. The first-order valence-electron chi connectivity index (χ1n) is 6.92. The van der Waals surface area contributed by atoms with E-state index in [0.29, 0.717) is 0 Å². The van der Waals surface area contributed by atoms with Crippen molar-refractivity contribution in [1.29, 1.82) is 0 Å². The number of nitrogens with zero attached hydrogens (tertiary/aromatic N) is 1. The molecular formula is C18H17NS. The van der Waals surface area contributed by atoms with Gasteiger partial charge in [-0.3, -0.25) is 0 Å². The smallest absolute Gasteiger partial charge is 0.105 e. The molecule has 0 bridgehead atoms. The molecule has 0 unspecified atom stereocenters. The van der Waals surface area contributed by atoms with Crippen molar-refractivity contribution in [2.75, 3.05) is 0 Å². The Morgan fingerprint density at radius 1 is 0.900 bits per heavy atom. The maximum atomic E-state index is 4.80. The van der Waals surface area contributed by atoms with Crippen LogP contribution in [0, 0.1) is 0 Å². The summed E-state index contributed by atoms with van der Waals surface area (Å²) in [6.07, 6.45) is 0.993. The van der Waals surface area contributed by atoms with E-state index in [1.165, 1.54) is 21.8 Å². The molecule has 1 heterocycles. The molecule has 0 saturated carbocycles. The van der Waals surface area contributed by atoms with Crippen LogP contribution in [-0.4, -0.2) is 4.98 Å². The fourth-order valence-electron chi connectivity index (χ4n) is 2.39. The molecule has 0 aliphatic heterocycles. The predicted octanol–water partition coefficient (Wildman–Crippen LogP) is 4.89. The van der Waals surface area contributed by atoms with Crippen LogP contribution < -0.4 is 0 Å². The maximum Gasteiger partial charge on any atom is 0.105 e. The summed E-state index contributed by atoms with van der Waals surface area (Å²) in [7, 11) is 0. The summed E-state index contributed by atoms with van der Waals surface area (Å²) in [5.74, 6) is 0.239. The monoisotopic (exact) mass is 279 g/mol. The zero-order valence-corrected chi connectivity index (χ0v) is 12.3. The Kier molecular flexibility index (Phi) is 3.93. The van der Waals surface area contributed by atoms with Crippen LogP contribution in [0.1, 0.15) is 34.7 Å². The van der Waals surface area contributed by atoms with Crippen molar-refractivity contribution in [2.45, 2.75) is 19.3 Å². The van der Waals surface area contributed by atoms with E-state index in [9.17, 15) is 0 Å². The lowest BCUT2D eigenvalue weighted by Gasteiger charge is -2.15. The van der Waals surface area contributed by atoms with Crippen molar-refractivity contribution in [1.82, 2.24) is 4.98 Å². The van der Waals surface area contributed by atoms with E-state index < -0.39 is 0 Å². The zero-order valence-electron chi connectivity index (χ0n) is 11.5. The van der Waals surface area contributed by atoms with Crippen molar-refractivity contribution in [3.8, 4) is 0 Å². The first-order chi connectivity index (χ1) is 9.88. The molecule has 3 aromatic rings. The van der Waals surface area contributed by atoms with Crippen LogP contribution >= 0.6 is 11.3 Å². The minimum atomic E-state index is 0.239. The van der Waals surface area contributed by atoms with Crippen molar-refractivity contribution in [3.05, 3.63) is 87.9 Å². The molecule has 3 rings (SSSR count). The normalized spacial score (nSPS) is 10.9. The Balaban J connectivity index is 2.09. The fraction of sp³-hybridized carbons (Fsp3) is 0.167. The molecule has 0 atom stereocenters. The molecule has 2 aromatic carbocycles. The largest absolute Gasteiger partial charge is 0.245 e. The molecule has 0 aliphatic rings. The molecule has 2 heteroatoms. The lowest BCUT2D eigenvalue weighted by Crippen LogP contribution is -2.03. The molecule has 1 aromatic heterocycles. The van der Waals surface area contributed by atoms with E-state index in [0.717, 1.165) is 6.42 Å². The third-order valence-corrected chi connectivity index (χ3v) is 4.40. The van der Waals surface area contributed by atoms with Gasteiger partial charge in [-0.05, 0) is 17.5 Å². The SMILES string of the molecule is CCc1csc(C(c2ccccc2)c2ccccc2)n1. The van der Waals surface area contributed by atoms with Gasteiger partial charge in [-0.15, -0.1) is 11.3 Å². The number of hydrogen-bond donors (Lipinski definition) is 0. The second-order valence-electron chi connectivity index (χ2n) is 4.79. The summed E-state index contributed by atoms with van der Waals surface area (Å²) in [5.41, 5.74) is 3.79. The maximum absolute atomic E-state index is 4.80. The Bertz CT molecular complexity index is 619. The molecule has 0 saturated heterocycles. The third kappa shape index (κ3) is 2.66. The summed E-state index contributed by atoms with van der Waals surface area (Å²) in [6.45, 7) is 2.15. The summed E-state index contributed by atoms with van der Waals surface area (Å²) in [6, 6.07) is 21.2. The van der Waals surface area contributed by atoms with Crippen LogP contribution in [0.5, 0.6) is 0 Å². The second-order valence-corrected chi connectivity index (χ2v) is 5.67. The van der Waals surface area contributed by atoms with E-state index in [1.54, 1.807) is 11.3 Å². The minimum Gasteiger partial charge on any atom is -0.245 e. The van der Waals surface area contributed by atoms with Gasteiger partial charge >= 0.3 is 0 Å². The van der Waals surface area contributed by atoms with Crippen LogP contribution in [0.4, 0.5) is 0 Å². The van der Waals surface area contributed by atoms with Gasteiger partial charge < -0.3 is 0 Å². The first-order valence-corrected chi connectivity index (χ1v) is 7.80. The lowest BCUT2D eigenvalue weighted by atomic mass is 9.92. The highest BCUT2D eigenvalue weighted by Gasteiger charge is 2.19. The quantitative estimate of drug-likeness (QED) is 0.663. The van der Waals surface area contributed by atoms with Gasteiger partial charge in [-0.25, -0.2) is 4.98 Å². The van der Waals surface area contributed by atoms with Crippen LogP contribution in [-0.2, 0) is 6.42 Å². The van der Waals surface area contributed by atoms with Gasteiger partial charge in [0.1, 0.15) is 5.01 Å². The van der Waals surface area contributed by atoms with Crippen molar-refractivity contribution < 1.29 is 0 Å². The topological polar surface area (TPSA) is 12.9 Å². The van der Waals surface area contributed by atoms with Crippen molar-refractivity contribution >= 4 is 11.3 Å². The summed E-state index contributed by atoms with van der Waals surface area (Å²) in [4.78, 5) is 4.80. The van der Waals surface area contributed by atoms with Gasteiger partial charge in [-0.2, -0.15) is 0 Å². The van der Waals surface area contributed by atoms with Gasteiger partial charge in [0.25, 0.3) is 0 Å². The average molecular weight is 279 g/mol. The molecule has 0 fully saturated rings. The molecule has 0 N–H and O–H groups in total. The highest BCUT2D eigenvalue weighted by atomic mass is 32.1. The van der Waals surface area contributed by atoms with E-state index in [1.807, 2.05) is 0 Å².